The minimum atomic E-state index is 0.609. The quantitative estimate of drug-likeness (QED) is 0.566. The Kier molecular flexibility index (Phi) is 6.10. The molecule has 1 saturated heterocycles. The Labute approximate surface area is 86.3 Å². The largest absolute Gasteiger partial charge is 0.385 e. The van der Waals surface area contributed by atoms with Crippen LogP contribution in [0.25, 0.3) is 0 Å². The van der Waals surface area contributed by atoms with Gasteiger partial charge in [-0.1, -0.05) is 0 Å². The van der Waals surface area contributed by atoms with Gasteiger partial charge >= 0.3 is 0 Å². The molecule has 0 spiro atoms. The Balaban J connectivity index is 1.84. The molecule has 0 aromatic rings. The Morgan fingerprint density at radius 2 is 2.21 bits per heavy atom. The third-order valence-electron chi connectivity index (χ3n) is 2.70. The number of rotatable bonds is 8. The number of likely N-dealkylation sites (tertiary alicyclic amines) is 1. The second-order valence-electron chi connectivity index (χ2n) is 3.67. The fourth-order valence-corrected chi connectivity index (χ4v) is 1.64. The van der Waals surface area contributed by atoms with Crippen molar-refractivity contribution >= 4 is 0 Å². The third kappa shape index (κ3) is 3.92. The van der Waals surface area contributed by atoms with Crippen LogP contribution < -0.4 is 5.73 Å². The van der Waals surface area contributed by atoms with Crippen LogP contribution in [0.15, 0.2) is 0 Å². The number of methoxy groups -OCH3 is 1. The first-order chi connectivity index (χ1) is 6.88. The second kappa shape index (κ2) is 7.17. The number of hydrogen-bond donors (Lipinski definition) is 1. The van der Waals surface area contributed by atoms with E-state index in [-0.39, 0.29) is 0 Å². The fourth-order valence-electron chi connectivity index (χ4n) is 1.64. The zero-order valence-electron chi connectivity index (χ0n) is 9.08. The number of nitrogens with zero attached hydrogens (tertiary/aromatic N) is 1. The van der Waals surface area contributed by atoms with Crippen LogP contribution in [-0.4, -0.2) is 57.5 Å². The third-order valence-corrected chi connectivity index (χ3v) is 2.70. The van der Waals surface area contributed by atoms with Crippen molar-refractivity contribution in [3.05, 3.63) is 0 Å². The molecular weight excluding hydrogens is 180 g/mol. The summed E-state index contributed by atoms with van der Waals surface area (Å²) < 4.78 is 10.4. The SMILES string of the molecule is COCCCOCCN1CCC1CN. The van der Waals surface area contributed by atoms with Gasteiger partial charge in [0.15, 0.2) is 0 Å². The summed E-state index contributed by atoms with van der Waals surface area (Å²) in [7, 11) is 1.71. The van der Waals surface area contributed by atoms with E-state index in [1.165, 1.54) is 13.0 Å². The van der Waals surface area contributed by atoms with Crippen LogP contribution in [0.3, 0.4) is 0 Å². The van der Waals surface area contributed by atoms with Gasteiger partial charge in [0, 0.05) is 46.0 Å². The summed E-state index contributed by atoms with van der Waals surface area (Å²) in [6.45, 7) is 5.39. The summed E-state index contributed by atoms with van der Waals surface area (Å²) in [5.74, 6) is 0. The molecule has 1 unspecified atom stereocenters. The molecule has 1 heterocycles. The molecule has 0 amide bonds. The molecule has 84 valence electrons. The number of hydrogen-bond acceptors (Lipinski definition) is 4. The number of ether oxygens (including phenoxy) is 2. The second-order valence-corrected chi connectivity index (χ2v) is 3.67. The molecule has 1 aliphatic rings. The minimum Gasteiger partial charge on any atom is -0.385 e. The lowest BCUT2D eigenvalue weighted by atomic mass is 10.0. The first-order valence-electron chi connectivity index (χ1n) is 5.39. The van der Waals surface area contributed by atoms with Crippen molar-refractivity contribution in [1.82, 2.24) is 4.90 Å². The van der Waals surface area contributed by atoms with Gasteiger partial charge in [-0.25, -0.2) is 0 Å². The van der Waals surface area contributed by atoms with Crippen molar-refractivity contribution in [2.45, 2.75) is 18.9 Å². The highest BCUT2D eigenvalue weighted by Crippen LogP contribution is 2.14. The molecule has 0 bridgehead atoms. The zero-order valence-corrected chi connectivity index (χ0v) is 9.08. The molecule has 1 atom stereocenters. The molecule has 0 aromatic carbocycles. The summed E-state index contributed by atoms with van der Waals surface area (Å²) in [6.07, 6.45) is 2.23. The topological polar surface area (TPSA) is 47.7 Å². The maximum absolute atomic E-state index is 5.60. The van der Waals surface area contributed by atoms with Crippen LogP contribution in [0.5, 0.6) is 0 Å². The highest BCUT2D eigenvalue weighted by molar-refractivity contribution is 4.82. The van der Waals surface area contributed by atoms with E-state index in [0.717, 1.165) is 39.3 Å². The van der Waals surface area contributed by atoms with Crippen LogP contribution in [0, 0.1) is 0 Å². The first-order valence-corrected chi connectivity index (χ1v) is 5.39. The molecule has 4 nitrogen and oxygen atoms in total. The molecule has 0 aliphatic carbocycles. The normalized spacial score (nSPS) is 22.3. The Hall–Kier alpha value is -0.160. The summed E-state index contributed by atoms with van der Waals surface area (Å²) >= 11 is 0. The highest BCUT2D eigenvalue weighted by Gasteiger charge is 2.25. The van der Waals surface area contributed by atoms with Crippen molar-refractivity contribution in [3.63, 3.8) is 0 Å². The molecule has 0 radical (unpaired) electrons. The zero-order chi connectivity index (χ0) is 10.2. The van der Waals surface area contributed by atoms with Crippen LogP contribution >= 0.6 is 0 Å². The lowest BCUT2D eigenvalue weighted by molar-refractivity contribution is 0.0381. The van der Waals surface area contributed by atoms with Crippen molar-refractivity contribution in [3.8, 4) is 0 Å². The van der Waals surface area contributed by atoms with E-state index < -0.39 is 0 Å². The van der Waals surface area contributed by atoms with Gasteiger partial charge in [-0.3, -0.25) is 4.90 Å². The molecule has 0 saturated carbocycles. The summed E-state index contributed by atoms with van der Waals surface area (Å²) in [5, 5.41) is 0. The van der Waals surface area contributed by atoms with Crippen LogP contribution in [0.1, 0.15) is 12.8 Å². The van der Waals surface area contributed by atoms with Crippen molar-refractivity contribution in [2.24, 2.45) is 5.73 Å². The van der Waals surface area contributed by atoms with Gasteiger partial charge in [0.05, 0.1) is 6.61 Å². The minimum absolute atomic E-state index is 0.609. The van der Waals surface area contributed by atoms with Gasteiger partial charge in [-0.05, 0) is 12.8 Å². The summed E-state index contributed by atoms with van der Waals surface area (Å²) in [4.78, 5) is 2.39. The molecule has 1 aliphatic heterocycles. The van der Waals surface area contributed by atoms with Gasteiger partial charge in [-0.2, -0.15) is 0 Å². The van der Waals surface area contributed by atoms with Gasteiger partial charge < -0.3 is 15.2 Å². The van der Waals surface area contributed by atoms with Crippen molar-refractivity contribution in [2.75, 3.05) is 46.6 Å². The lowest BCUT2D eigenvalue weighted by Crippen LogP contribution is -2.52. The van der Waals surface area contributed by atoms with Gasteiger partial charge in [0.1, 0.15) is 0 Å². The van der Waals surface area contributed by atoms with E-state index in [1.54, 1.807) is 7.11 Å². The summed E-state index contributed by atoms with van der Waals surface area (Å²) in [5.41, 5.74) is 5.60. The van der Waals surface area contributed by atoms with Crippen LogP contribution in [0.4, 0.5) is 0 Å². The average Bonchev–Trinajstić information content (AvgIpc) is 2.15. The van der Waals surface area contributed by atoms with E-state index in [2.05, 4.69) is 4.90 Å². The predicted molar refractivity (Wildman–Crippen MR) is 56.3 cm³/mol. The first kappa shape index (κ1) is 11.9. The maximum atomic E-state index is 5.60. The monoisotopic (exact) mass is 202 g/mol. The van der Waals surface area contributed by atoms with E-state index >= 15 is 0 Å². The van der Waals surface area contributed by atoms with E-state index in [4.69, 9.17) is 15.2 Å². The smallest absolute Gasteiger partial charge is 0.0593 e. The molecule has 1 fully saturated rings. The summed E-state index contributed by atoms with van der Waals surface area (Å²) in [6, 6.07) is 0.609. The van der Waals surface area contributed by atoms with E-state index in [1.807, 2.05) is 0 Å². The van der Waals surface area contributed by atoms with E-state index in [9.17, 15) is 0 Å². The Morgan fingerprint density at radius 1 is 1.36 bits per heavy atom. The lowest BCUT2D eigenvalue weighted by Gasteiger charge is -2.40. The Bertz CT molecular complexity index is 142. The molecule has 4 heteroatoms. The predicted octanol–water partition coefficient (Wildman–Crippen LogP) is 0.0725. The fraction of sp³-hybridized carbons (Fsp3) is 1.00. The molecule has 2 N–H and O–H groups in total. The highest BCUT2D eigenvalue weighted by atomic mass is 16.5. The van der Waals surface area contributed by atoms with Gasteiger partial charge in [0.25, 0.3) is 0 Å². The van der Waals surface area contributed by atoms with Crippen molar-refractivity contribution in [1.29, 1.82) is 0 Å². The molecular formula is C10H22N2O2. The average molecular weight is 202 g/mol. The van der Waals surface area contributed by atoms with Gasteiger partial charge in [-0.15, -0.1) is 0 Å². The number of nitrogens with two attached hydrogens (primary N) is 1. The van der Waals surface area contributed by atoms with Crippen molar-refractivity contribution < 1.29 is 9.47 Å². The molecule has 14 heavy (non-hydrogen) atoms. The molecule has 0 aromatic heterocycles. The van der Waals surface area contributed by atoms with Crippen LogP contribution in [-0.2, 0) is 9.47 Å². The Morgan fingerprint density at radius 3 is 2.79 bits per heavy atom. The van der Waals surface area contributed by atoms with Crippen LogP contribution in [0.2, 0.25) is 0 Å². The maximum Gasteiger partial charge on any atom is 0.0593 e. The van der Waals surface area contributed by atoms with E-state index in [0.29, 0.717) is 6.04 Å². The molecule has 1 rings (SSSR count). The van der Waals surface area contributed by atoms with Gasteiger partial charge in [0.2, 0.25) is 0 Å². The standard InChI is InChI=1S/C10H22N2O2/c1-13-6-2-7-14-8-5-12-4-3-10(12)9-11/h10H,2-9,11H2,1H3.